The van der Waals surface area contributed by atoms with Crippen molar-refractivity contribution in [3.63, 3.8) is 0 Å². The van der Waals surface area contributed by atoms with E-state index >= 15 is 0 Å². The lowest BCUT2D eigenvalue weighted by atomic mass is 10.1. The van der Waals surface area contributed by atoms with Crippen LogP contribution in [0.4, 0.5) is 11.4 Å². The third-order valence-electron chi connectivity index (χ3n) is 2.92. The van der Waals surface area contributed by atoms with Crippen LogP contribution in [0.5, 0.6) is 0 Å². The molecule has 1 aromatic carbocycles. The van der Waals surface area contributed by atoms with Gasteiger partial charge in [-0.25, -0.2) is 0 Å². The van der Waals surface area contributed by atoms with Crippen molar-refractivity contribution in [3.8, 4) is 0 Å². The van der Waals surface area contributed by atoms with E-state index in [2.05, 4.69) is 10.7 Å². The Morgan fingerprint density at radius 3 is 2.74 bits per heavy atom. The standard InChI is InChI=1S/C12H18N4O3/c1-3-8(2)7-14-12(17)10-6-9(16(18)19)4-5-11(10)15-13/h4-6,8,15H,3,7,13H2,1-2H3,(H,14,17). The van der Waals surface area contributed by atoms with Crippen molar-refractivity contribution in [2.24, 2.45) is 11.8 Å². The van der Waals surface area contributed by atoms with E-state index in [1.807, 2.05) is 13.8 Å². The van der Waals surface area contributed by atoms with Crippen LogP contribution >= 0.6 is 0 Å². The maximum Gasteiger partial charge on any atom is 0.270 e. The summed E-state index contributed by atoms with van der Waals surface area (Å²) in [5.41, 5.74) is 2.74. The summed E-state index contributed by atoms with van der Waals surface area (Å²) >= 11 is 0. The fourth-order valence-corrected chi connectivity index (χ4v) is 1.47. The molecule has 1 rings (SSSR count). The lowest BCUT2D eigenvalue weighted by Gasteiger charge is -2.12. The molecule has 4 N–H and O–H groups in total. The number of nitrogens with one attached hydrogen (secondary N) is 2. The quantitative estimate of drug-likeness (QED) is 0.412. The Balaban J connectivity index is 2.93. The van der Waals surface area contributed by atoms with E-state index in [-0.39, 0.29) is 17.2 Å². The number of rotatable bonds is 6. The van der Waals surface area contributed by atoms with Gasteiger partial charge in [-0.3, -0.25) is 20.8 Å². The zero-order chi connectivity index (χ0) is 14.4. The Hall–Kier alpha value is -2.15. The van der Waals surface area contributed by atoms with E-state index in [0.29, 0.717) is 18.2 Å². The largest absolute Gasteiger partial charge is 0.352 e. The number of nitrogen functional groups attached to an aromatic ring is 1. The second-order valence-electron chi connectivity index (χ2n) is 4.35. The van der Waals surface area contributed by atoms with E-state index in [9.17, 15) is 14.9 Å². The maximum absolute atomic E-state index is 12.0. The Morgan fingerprint density at radius 1 is 1.53 bits per heavy atom. The van der Waals surface area contributed by atoms with Crippen molar-refractivity contribution in [3.05, 3.63) is 33.9 Å². The van der Waals surface area contributed by atoms with Gasteiger partial charge in [0.1, 0.15) is 0 Å². The third-order valence-corrected chi connectivity index (χ3v) is 2.92. The third kappa shape index (κ3) is 3.92. The van der Waals surface area contributed by atoms with Crippen molar-refractivity contribution in [1.82, 2.24) is 5.32 Å². The first-order valence-corrected chi connectivity index (χ1v) is 6.02. The first-order chi connectivity index (χ1) is 8.99. The van der Waals surface area contributed by atoms with Gasteiger partial charge < -0.3 is 10.7 Å². The molecule has 0 saturated carbocycles. The molecule has 7 heteroatoms. The lowest BCUT2D eigenvalue weighted by Crippen LogP contribution is -2.29. The highest BCUT2D eigenvalue weighted by Crippen LogP contribution is 2.21. The SMILES string of the molecule is CCC(C)CNC(=O)c1cc([N+](=O)[O-])ccc1NN. The molecular weight excluding hydrogens is 248 g/mol. The second-order valence-corrected chi connectivity index (χ2v) is 4.35. The number of anilines is 1. The van der Waals surface area contributed by atoms with Gasteiger partial charge in [-0.15, -0.1) is 0 Å². The Morgan fingerprint density at radius 2 is 2.21 bits per heavy atom. The number of carbonyl (C=O) groups excluding carboxylic acids is 1. The van der Waals surface area contributed by atoms with Gasteiger partial charge in [-0.05, 0) is 12.0 Å². The molecule has 0 spiro atoms. The van der Waals surface area contributed by atoms with E-state index in [4.69, 9.17) is 5.84 Å². The van der Waals surface area contributed by atoms with Crippen LogP contribution < -0.4 is 16.6 Å². The highest BCUT2D eigenvalue weighted by atomic mass is 16.6. The molecule has 0 saturated heterocycles. The fraction of sp³-hybridized carbons (Fsp3) is 0.417. The summed E-state index contributed by atoms with van der Waals surface area (Å²) in [7, 11) is 0. The Labute approximate surface area is 111 Å². The molecule has 1 atom stereocenters. The molecule has 1 aromatic rings. The number of benzene rings is 1. The first-order valence-electron chi connectivity index (χ1n) is 6.02. The van der Waals surface area contributed by atoms with Gasteiger partial charge >= 0.3 is 0 Å². The van der Waals surface area contributed by atoms with Gasteiger partial charge in [0.05, 0.1) is 16.2 Å². The van der Waals surface area contributed by atoms with Gasteiger partial charge in [0.2, 0.25) is 0 Å². The topological polar surface area (TPSA) is 110 Å². The van der Waals surface area contributed by atoms with Crippen molar-refractivity contribution in [1.29, 1.82) is 0 Å². The molecular formula is C12H18N4O3. The van der Waals surface area contributed by atoms with E-state index in [0.717, 1.165) is 6.42 Å². The van der Waals surface area contributed by atoms with E-state index in [1.54, 1.807) is 0 Å². The van der Waals surface area contributed by atoms with Crippen LogP contribution in [0.2, 0.25) is 0 Å². The molecule has 0 aliphatic rings. The molecule has 0 aliphatic heterocycles. The summed E-state index contributed by atoms with van der Waals surface area (Å²) in [5.74, 6) is 5.26. The van der Waals surface area contributed by atoms with Gasteiger partial charge in [-0.1, -0.05) is 20.3 Å². The smallest absolute Gasteiger partial charge is 0.270 e. The average Bonchev–Trinajstić information content (AvgIpc) is 2.43. The summed E-state index contributed by atoms with van der Waals surface area (Å²) in [6.07, 6.45) is 0.942. The van der Waals surface area contributed by atoms with Crippen LogP contribution in [0.3, 0.4) is 0 Å². The minimum atomic E-state index is -0.550. The molecule has 0 fully saturated rings. The Bertz CT molecular complexity index is 476. The summed E-state index contributed by atoms with van der Waals surface area (Å²) in [5, 5.41) is 13.4. The zero-order valence-electron chi connectivity index (χ0n) is 11.0. The number of amides is 1. The normalized spacial score (nSPS) is 11.7. The molecule has 1 unspecified atom stereocenters. The number of hydrogen-bond acceptors (Lipinski definition) is 5. The van der Waals surface area contributed by atoms with Crippen LogP contribution in [0.15, 0.2) is 18.2 Å². The van der Waals surface area contributed by atoms with E-state index in [1.165, 1.54) is 18.2 Å². The molecule has 19 heavy (non-hydrogen) atoms. The van der Waals surface area contributed by atoms with Crippen molar-refractivity contribution in [2.75, 3.05) is 12.0 Å². The number of hydrogen-bond donors (Lipinski definition) is 3. The lowest BCUT2D eigenvalue weighted by molar-refractivity contribution is -0.384. The molecule has 0 radical (unpaired) electrons. The van der Waals surface area contributed by atoms with Gasteiger partial charge in [0.15, 0.2) is 0 Å². The monoisotopic (exact) mass is 266 g/mol. The number of nitro groups is 1. The predicted molar refractivity (Wildman–Crippen MR) is 72.7 cm³/mol. The molecule has 0 aliphatic carbocycles. The molecule has 1 amide bonds. The highest BCUT2D eigenvalue weighted by Gasteiger charge is 2.16. The minimum absolute atomic E-state index is 0.146. The van der Waals surface area contributed by atoms with Crippen molar-refractivity contribution >= 4 is 17.3 Å². The van der Waals surface area contributed by atoms with Crippen LogP contribution in [0.1, 0.15) is 30.6 Å². The summed E-state index contributed by atoms with van der Waals surface area (Å²) < 4.78 is 0. The van der Waals surface area contributed by atoms with Crippen molar-refractivity contribution in [2.45, 2.75) is 20.3 Å². The maximum atomic E-state index is 12.0. The van der Waals surface area contributed by atoms with Crippen LogP contribution in [-0.2, 0) is 0 Å². The van der Waals surface area contributed by atoms with Gasteiger partial charge in [0, 0.05) is 18.7 Å². The van der Waals surface area contributed by atoms with Gasteiger partial charge in [-0.2, -0.15) is 0 Å². The fourth-order valence-electron chi connectivity index (χ4n) is 1.47. The average molecular weight is 266 g/mol. The van der Waals surface area contributed by atoms with Crippen molar-refractivity contribution < 1.29 is 9.72 Å². The number of carbonyl (C=O) groups is 1. The summed E-state index contributed by atoms with van der Waals surface area (Å²) in [4.78, 5) is 22.2. The minimum Gasteiger partial charge on any atom is -0.352 e. The summed E-state index contributed by atoms with van der Waals surface area (Å²) in [6, 6.07) is 3.91. The molecule has 0 aromatic heterocycles. The highest BCUT2D eigenvalue weighted by molar-refractivity contribution is 6.00. The van der Waals surface area contributed by atoms with Gasteiger partial charge in [0.25, 0.3) is 11.6 Å². The van der Waals surface area contributed by atoms with Crippen LogP contribution in [-0.4, -0.2) is 17.4 Å². The zero-order valence-corrected chi connectivity index (χ0v) is 11.0. The number of nitrogens with two attached hydrogens (primary N) is 1. The molecule has 7 nitrogen and oxygen atoms in total. The summed E-state index contributed by atoms with van der Waals surface area (Å²) in [6.45, 7) is 4.55. The molecule has 0 heterocycles. The number of hydrazine groups is 1. The second kappa shape index (κ2) is 6.69. The van der Waals surface area contributed by atoms with Crippen LogP contribution in [0.25, 0.3) is 0 Å². The van der Waals surface area contributed by atoms with E-state index < -0.39 is 4.92 Å². The molecule has 104 valence electrons. The Kier molecular flexibility index (Phi) is 5.25. The van der Waals surface area contributed by atoms with Crippen LogP contribution in [0, 0.1) is 16.0 Å². The number of nitro benzene ring substituents is 1. The first kappa shape index (κ1) is 14.9. The molecule has 0 bridgehead atoms. The number of nitrogens with zero attached hydrogens (tertiary/aromatic N) is 1. The number of non-ortho nitro benzene ring substituents is 1. The predicted octanol–water partition coefficient (Wildman–Crippen LogP) is 1.66.